The summed E-state index contributed by atoms with van der Waals surface area (Å²) in [6.07, 6.45) is 2.99. The third kappa shape index (κ3) is 4.26. The second-order valence-electron chi connectivity index (χ2n) is 5.18. The monoisotopic (exact) mass is 329 g/mol. The van der Waals surface area contributed by atoms with E-state index in [0.29, 0.717) is 17.7 Å². The third-order valence-corrected chi connectivity index (χ3v) is 3.70. The molecule has 0 aliphatic heterocycles. The van der Waals surface area contributed by atoms with Crippen LogP contribution in [0.1, 0.15) is 31.4 Å². The molecule has 0 saturated heterocycles. The van der Waals surface area contributed by atoms with Crippen LogP contribution in [0.25, 0.3) is 0 Å². The first kappa shape index (κ1) is 16.9. The van der Waals surface area contributed by atoms with Gasteiger partial charge >= 0.3 is 0 Å². The Balaban J connectivity index is 2.26. The van der Waals surface area contributed by atoms with Crippen LogP contribution in [0.5, 0.6) is 0 Å². The molecule has 120 valence electrons. The smallest absolute Gasteiger partial charge is 0.251 e. The highest BCUT2D eigenvalue weighted by atomic mass is 32.1. The van der Waals surface area contributed by atoms with Crippen molar-refractivity contribution in [2.75, 3.05) is 5.32 Å². The average Bonchev–Trinajstić information content (AvgIpc) is 2.53. The maximum Gasteiger partial charge on any atom is 0.251 e. The number of nitrogens with zero attached hydrogens (tertiary/aromatic N) is 1. The maximum atomic E-state index is 12.6. The molecule has 1 aromatic carbocycles. The minimum absolute atomic E-state index is 0.196. The van der Waals surface area contributed by atoms with Gasteiger partial charge in [0.25, 0.3) is 5.56 Å². The molecule has 0 aliphatic carbocycles. The van der Waals surface area contributed by atoms with Gasteiger partial charge in [-0.15, -0.1) is 0 Å². The molecule has 1 unspecified atom stereocenters. The van der Waals surface area contributed by atoms with Crippen LogP contribution in [-0.2, 0) is 4.79 Å². The van der Waals surface area contributed by atoms with E-state index in [9.17, 15) is 9.59 Å². The molecule has 2 aromatic rings. The first-order chi connectivity index (χ1) is 11.0. The van der Waals surface area contributed by atoms with Crippen molar-refractivity contribution in [3.63, 3.8) is 0 Å². The predicted molar refractivity (Wildman–Crippen MR) is 95.6 cm³/mol. The molecule has 0 saturated carbocycles. The van der Waals surface area contributed by atoms with Gasteiger partial charge in [0.1, 0.15) is 11.0 Å². The first-order valence-electron chi connectivity index (χ1n) is 7.41. The number of thiocarbonyl (C=S) groups is 1. The zero-order valence-electron chi connectivity index (χ0n) is 12.9. The summed E-state index contributed by atoms with van der Waals surface area (Å²) in [4.78, 5) is 24.9. The Hall–Kier alpha value is -2.47. The summed E-state index contributed by atoms with van der Waals surface area (Å²) in [6, 6.07) is 11.3. The summed E-state index contributed by atoms with van der Waals surface area (Å²) in [5, 5.41) is 2.83. The minimum Gasteiger partial charge on any atom is -0.389 e. The fraction of sp³-hybridized carbons (Fsp3) is 0.235. The van der Waals surface area contributed by atoms with Gasteiger partial charge in [0.2, 0.25) is 5.91 Å². The van der Waals surface area contributed by atoms with Crippen LogP contribution in [0.3, 0.4) is 0 Å². The number of benzene rings is 1. The predicted octanol–water partition coefficient (Wildman–Crippen LogP) is 2.46. The van der Waals surface area contributed by atoms with Crippen molar-refractivity contribution in [3.8, 4) is 0 Å². The van der Waals surface area contributed by atoms with Crippen molar-refractivity contribution in [2.45, 2.75) is 25.8 Å². The van der Waals surface area contributed by atoms with Gasteiger partial charge in [-0.2, -0.15) is 0 Å². The standard InChI is InChI=1S/C17H19N3O2S/c1-2-6-14(20-10-4-3-9-15(20)21)17(22)19-13-8-5-7-12(11-13)16(18)23/h3-5,7-11,14H,2,6H2,1H3,(H2,18,23)(H,19,22). The highest BCUT2D eigenvalue weighted by Crippen LogP contribution is 2.17. The molecule has 6 heteroatoms. The van der Waals surface area contributed by atoms with E-state index < -0.39 is 6.04 Å². The van der Waals surface area contributed by atoms with Gasteiger partial charge < -0.3 is 15.6 Å². The number of rotatable bonds is 6. The highest BCUT2D eigenvalue weighted by Gasteiger charge is 2.20. The number of amides is 1. The Bertz CT molecular complexity index is 770. The van der Waals surface area contributed by atoms with E-state index >= 15 is 0 Å². The van der Waals surface area contributed by atoms with Crippen LogP contribution in [0.2, 0.25) is 0 Å². The molecule has 0 fully saturated rings. The average molecular weight is 329 g/mol. The largest absolute Gasteiger partial charge is 0.389 e. The number of carbonyl (C=O) groups excluding carboxylic acids is 1. The molecule has 0 spiro atoms. The van der Waals surface area contributed by atoms with Gasteiger partial charge in [-0.05, 0) is 24.6 Å². The number of nitrogens with two attached hydrogens (primary N) is 1. The maximum absolute atomic E-state index is 12.6. The lowest BCUT2D eigenvalue weighted by Gasteiger charge is -2.19. The number of hydrogen-bond donors (Lipinski definition) is 2. The Morgan fingerprint density at radius 2 is 2.09 bits per heavy atom. The fourth-order valence-corrected chi connectivity index (χ4v) is 2.47. The van der Waals surface area contributed by atoms with Crippen molar-refractivity contribution in [1.29, 1.82) is 0 Å². The fourth-order valence-electron chi connectivity index (χ4n) is 2.34. The second-order valence-corrected chi connectivity index (χ2v) is 5.62. The molecule has 2 rings (SSSR count). The van der Waals surface area contributed by atoms with Crippen molar-refractivity contribution < 1.29 is 4.79 Å². The number of hydrogen-bond acceptors (Lipinski definition) is 3. The first-order valence-corrected chi connectivity index (χ1v) is 7.81. The topological polar surface area (TPSA) is 77.1 Å². The molecule has 1 aromatic heterocycles. The lowest BCUT2D eigenvalue weighted by Crippen LogP contribution is -2.32. The highest BCUT2D eigenvalue weighted by molar-refractivity contribution is 7.80. The molecule has 1 amide bonds. The Morgan fingerprint density at radius 1 is 1.30 bits per heavy atom. The van der Waals surface area contributed by atoms with Gasteiger partial charge in [0, 0.05) is 23.5 Å². The molecular weight excluding hydrogens is 310 g/mol. The zero-order valence-corrected chi connectivity index (χ0v) is 13.7. The van der Waals surface area contributed by atoms with Crippen molar-refractivity contribution in [3.05, 3.63) is 64.6 Å². The molecule has 1 heterocycles. The summed E-state index contributed by atoms with van der Waals surface area (Å²) in [5.74, 6) is -0.236. The third-order valence-electron chi connectivity index (χ3n) is 3.47. The molecule has 0 bridgehead atoms. The Kier molecular flexibility index (Phi) is 5.65. The van der Waals surface area contributed by atoms with Crippen LogP contribution >= 0.6 is 12.2 Å². The summed E-state index contributed by atoms with van der Waals surface area (Å²) >= 11 is 4.94. The molecule has 0 aliphatic rings. The second kappa shape index (κ2) is 7.69. The van der Waals surface area contributed by atoms with Gasteiger partial charge in [-0.3, -0.25) is 9.59 Å². The normalized spacial score (nSPS) is 11.7. The van der Waals surface area contributed by atoms with E-state index in [1.54, 1.807) is 42.6 Å². The molecule has 0 radical (unpaired) electrons. The van der Waals surface area contributed by atoms with Crippen molar-refractivity contribution in [1.82, 2.24) is 4.57 Å². The minimum atomic E-state index is -0.554. The zero-order chi connectivity index (χ0) is 16.8. The summed E-state index contributed by atoms with van der Waals surface area (Å²) in [5.41, 5.74) is 6.69. The van der Waals surface area contributed by atoms with Crippen LogP contribution in [-0.4, -0.2) is 15.5 Å². The van der Waals surface area contributed by atoms with Crippen LogP contribution in [0, 0.1) is 0 Å². The van der Waals surface area contributed by atoms with Crippen molar-refractivity contribution in [2.24, 2.45) is 5.73 Å². The number of carbonyl (C=O) groups is 1. The van der Waals surface area contributed by atoms with Crippen LogP contribution in [0.15, 0.2) is 53.5 Å². The van der Waals surface area contributed by atoms with E-state index in [1.165, 1.54) is 10.6 Å². The van der Waals surface area contributed by atoms with E-state index in [1.807, 2.05) is 6.92 Å². The SMILES string of the molecule is CCCC(C(=O)Nc1cccc(C(N)=S)c1)n1ccccc1=O. The quantitative estimate of drug-likeness (QED) is 0.798. The molecule has 5 nitrogen and oxygen atoms in total. The number of aromatic nitrogens is 1. The Labute approximate surface area is 140 Å². The summed E-state index contributed by atoms with van der Waals surface area (Å²) in [7, 11) is 0. The van der Waals surface area contributed by atoms with E-state index in [-0.39, 0.29) is 16.5 Å². The van der Waals surface area contributed by atoms with Crippen LogP contribution in [0.4, 0.5) is 5.69 Å². The van der Waals surface area contributed by atoms with Crippen molar-refractivity contribution >= 4 is 28.8 Å². The van der Waals surface area contributed by atoms with E-state index in [2.05, 4.69) is 5.32 Å². The van der Waals surface area contributed by atoms with Crippen LogP contribution < -0.4 is 16.6 Å². The van der Waals surface area contributed by atoms with Gasteiger partial charge in [-0.1, -0.05) is 43.8 Å². The van der Waals surface area contributed by atoms with E-state index in [4.69, 9.17) is 18.0 Å². The summed E-state index contributed by atoms with van der Waals surface area (Å²) in [6.45, 7) is 1.97. The van der Waals surface area contributed by atoms with Gasteiger partial charge in [0.05, 0.1) is 0 Å². The molecular formula is C17H19N3O2S. The van der Waals surface area contributed by atoms with Gasteiger partial charge in [-0.25, -0.2) is 0 Å². The lowest BCUT2D eigenvalue weighted by molar-refractivity contribution is -0.119. The molecule has 23 heavy (non-hydrogen) atoms. The molecule has 3 N–H and O–H groups in total. The number of anilines is 1. The van der Waals surface area contributed by atoms with E-state index in [0.717, 1.165) is 6.42 Å². The number of nitrogens with one attached hydrogen (secondary N) is 1. The summed E-state index contributed by atoms with van der Waals surface area (Å²) < 4.78 is 1.45. The number of pyridine rings is 1. The Morgan fingerprint density at radius 3 is 2.74 bits per heavy atom. The van der Waals surface area contributed by atoms with Gasteiger partial charge in [0.15, 0.2) is 0 Å². The lowest BCUT2D eigenvalue weighted by atomic mass is 10.1. The molecule has 1 atom stereocenters.